The first-order chi connectivity index (χ1) is 8.08. The minimum Gasteiger partial charge on any atom is -0.380 e. The maximum Gasteiger partial charge on any atom is 0.249 e. The predicted molar refractivity (Wildman–Crippen MR) is 68.1 cm³/mol. The number of anilines is 4. The minimum absolute atomic E-state index is 0.110. The fraction of sp³-hybridized carbons (Fsp3) is 0.100. The zero-order valence-corrected chi connectivity index (χ0v) is 9.86. The second-order valence-electron chi connectivity index (χ2n) is 3.44. The normalized spacial score (nSPS) is 10.2. The molecule has 2 aromatic rings. The zero-order valence-electron chi connectivity index (χ0n) is 9.11. The van der Waals surface area contributed by atoms with Crippen LogP contribution in [0.25, 0.3) is 0 Å². The van der Waals surface area contributed by atoms with Crippen LogP contribution in [0, 0.1) is 6.92 Å². The Labute approximate surface area is 103 Å². The lowest BCUT2D eigenvalue weighted by atomic mass is 10.2. The molecular weight excluding hydrogens is 240 g/mol. The molecule has 17 heavy (non-hydrogen) atoms. The van der Waals surface area contributed by atoms with Gasteiger partial charge in [0, 0.05) is 10.7 Å². The number of aromatic nitrogens is 3. The van der Waals surface area contributed by atoms with Crippen molar-refractivity contribution in [3.05, 3.63) is 28.8 Å². The first-order valence-corrected chi connectivity index (χ1v) is 5.23. The Balaban J connectivity index is 2.31. The highest BCUT2D eigenvalue weighted by atomic mass is 35.5. The monoisotopic (exact) mass is 250 g/mol. The fourth-order valence-corrected chi connectivity index (χ4v) is 1.44. The van der Waals surface area contributed by atoms with Crippen molar-refractivity contribution < 1.29 is 0 Å². The topological polar surface area (TPSA) is 103 Å². The first kappa shape index (κ1) is 11.4. The second-order valence-corrected chi connectivity index (χ2v) is 3.85. The minimum atomic E-state index is 0.110. The van der Waals surface area contributed by atoms with E-state index in [9.17, 15) is 0 Å². The summed E-state index contributed by atoms with van der Waals surface area (Å²) in [4.78, 5) is 3.96. The van der Waals surface area contributed by atoms with Crippen molar-refractivity contribution in [2.45, 2.75) is 6.92 Å². The van der Waals surface area contributed by atoms with Gasteiger partial charge in [-0.05, 0) is 24.6 Å². The van der Waals surface area contributed by atoms with Crippen LogP contribution < -0.4 is 16.8 Å². The summed E-state index contributed by atoms with van der Waals surface area (Å²) in [6.45, 7) is 1.89. The molecule has 0 amide bonds. The van der Waals surface area contributed by atoms with E-state index in [1.165, 1.54) is 0 Å². The van der Waals surface area contributed by atoms with Crippen molar-refractivity contribution in [1.29, 1.82) is 0 Å². The van der Waals surface area contributed by atoms with Crippen LogP contribution in [-0.4, -0.2) is 15.2 Å². The van der Waals surface area contributed by atoms with Gasteiger partial charge in [-0.2, -0.15) is 4.98 Å². The van der Waals surface area contributed by atoms with Gasteiger partial charge in [0.25, 0.3) is 0 Å². The lowest BCUT2D eigenvalue weighted by Crippen LogP contribution is -2.07. The Hall–Kier alpha value is -2.08. The maximum absolute atomic E-state index is 6.00. The standard InChI is InChI=1S/C10H11ClN6/c1-5-6(11)3-2-4-7(5)14-10-15-8(12)9(13)16-17-10/h2-4H,1H3,(H2,13,16)(H3,12,14,15,17). The van der Waals surface area contributed by atoms with E-state index in [-0.39, 0.29) is 17.6 Å². The SMILES string of the molecule is Cc1c(Cl)cccc1Nc1nnc(N)c(N)n1. The number of rotatable bonds is 2. The summed E-state index contributed by atoms with van der Waals surface area (Å²) in [5.41, 5.74) is 12.7. The van der Waals surface area contributed by atoms with E-state index >= 15 is 0 Å². The van der Waals surface area contributed by atoms with Gasteiger partial charge in [0.2, 0.25) is 5.95 Å². The molecule has 1 aromatic carbocycles. The lowest BCUT2D eigenvalue weighted by molar-refractivity contribution is 0.995. The van der Waals surface area contributed by atoms with Crippen LogP contribution in [0.4, 0.5) is 23.3 Å². The van der Waals surface area contributed by atoms with E-state index in [0.717, 1.165) is 11.3 Å². The number of nitrogens with two attached hydrogens (primary N) is 2. The Kier molecular flexibility index (Phi) is 2.97. The third-order valence-corrected chi connectivity index (χ3v) is 2.66. The van der Waals surface area contributed by atoms with Crippen LogP contribution >= 0.6 is 11.6 Å². The third-order valence-electron chi connectivity index (χ3n) is 2.26. The number of hydrogen-bond acceptors (Lipinski definition) is 6. The number of nitrogen functional groups attached to an aromatic ring is 2. The molecule has 0 bridgehead atoms. The van der Waals surface area contributed by atoms with Crippen molar-refractivity contribution >= 4 is 34.9 Å². The van der Waals surface area contributed by atoms with Crippen LogP contribution in [0.3, 0.4) is 0 Å². The van der Waals surface area contributed by atoms with E-state index in [2.05, 4.69) is 20.5 Å². The zero-order chi connectivity index (χ0) is 12.4. The van der Waals surface area contributed by atoms with Gasteiger partial charge in [-0.3, -0.25) is 0 Å². The van der Waals surface area contributed by atoms with E-state index in [0.29, 0.717) is 5.02 Å². The largest absolute Gasteiger partial charge is 0.380 e. The molecule has 0 aliphatic rings. The molecule has 1 aromatic heterocycles. The summed E-state index contributed by atoms with van der Waals surface area (Å²) in [5, 5.41) is 11.1. The molecule has 5 N–H and O–H groups in total. The number of hydrogen-bond donors (Lipinski definition) is 3. The number of nitrogens with zero attached hydrogens (tertiary/aromatic N) is 3. The Morgan fingerprint density at radius 2 is 1.94 bits per heavy atom. The summed E-state index contributed by atoms with van der Waals surface area (Å²) in [6.07, 6.45) is 0. The Morgan fingerprint density at radius 3 is 2.65 bits per heavy atom. The molecule has 1 heterocycles. The van der Waals surface area contributed by atoms with Crippen LogP contribution in [0.1, 0.15) is 5.56 Å². The average Bonchev–Trinajstić information content (AvgIpc) is 2.30. The van der Waals surface area contributed by atoms with Crippen molar-refractivity contribution in [1.82, 2.24) is 15.2 Å². The summed E-state index contributed by atoms with van der Waals surface area (Å²) in [7, 11) is 0. The molecule has 0 spiro atoms. The maximum atomic E-state index is 6.00. The molecular formula is C10H11ClN6. The number of benzene rings is 1. The molecule has 0 aliphatic heterocycles. The van der Waals surface area contributed by atoms with Gasteiger partial charge >= 0.3 is 0 Å². The average molecular weight is 251 g/mol. The predicted octanol–water partition coefficient (Wildman–Crippen LogP) is 1.74. The van der Waals surface area contributed by atoms with E-state index < -0.39 is 0 Å². The highest BCUT2D eigenvalue weighted by molar-refractivity contribution is 6.31. The highest BCUT2D eigenvalue weighted by Gasteiger charge is 2.06. The Morgan fingerprint density at radius 1 is 1.18 bits per heavy atom. The van der Waals surface area contributed by atoms with Gasteiger partial charge in [-0.15, -0.1) is 10.2 Å². The van der Waals surface area contributed by atoms with Crippen LogP contribution in [0.2, 0.25) is 5.02 Å². The molecule has 88 valence electrons. The highest BCUT2D eigenvalue weighted by Crippen LogP contribution is 2.25. The molecule has 0 saturated heterocycles. The summed E-state index contributed by atoms with van der Waals surface area (Å²) >= 11 is 6.00. The first-order valence-electron chi connectivity index (χ1n) is 4.85. The van der Waals surface area contributed by atoms with Crippen molar-refractivity contribution in [3.8, 4) is 0 Å². The number of nitrogens with one attached hydrogen (secondary N) is 1. The van der Waals surface area contributed by atoms with E-state index in [4.69, 9.17) is 23.1 Å². The molecule has 2 rings (SSSR count). The van der Waals surface area contributed by atoms with Crippen LogP contribution in [0.15, 0.2) is 18.2 Å². The van der Waals surface area contributed by atoms with Crippen LogP contribution in [-0.2, 0) is 0 Å². The molecule has 6 nitrogen and oxygen atoms in total. The lowest BCUT2D eigenvalue weighted by Gasteiger charge is -2.09. The fourth-order valence-electron chi connectivity index (χ4n) is 1.26. The van der Waals surface area contributed by atoms with E-state index in [1.807, 2.05) is 19.1 Å². The van der Waals surface area contributed by atoms with Crippen LogP contribution in [0.5, 0.6) is 0 Å². The van der Waals surface area contributed by atoms with Gasteiger partial charge in [-0.25, -0.2) is 0 Å². The van der Waals surface area contributed by atoms with Crippen molar-refractivity contribution in [2.75, 3.05) is 16.8 Å². The molecule has 0 radical (unpaired) electrons. The summed E-state index contributed by atoms with van der Waals surface area (Å²) in [5.74, 6) is 0.530. The summed E-state index contributed by atoms with van der Waals surface area (Å²) < 4.78 is 0. The third kappa shape index (κ3) is 2.36. The quantitative estimate of drug-likeness (QED) is 0.750. The molecule has 0 atom stereocenters. The Bertz CT molecular complexity index is 556. The molecule has 0 unspecified atom stereocenters. The molecule has 0 saturated carbocycles. The van der Waals surface area contributed by atoms with Crippen molar-refractivity contribution in [3.63, 3.8) is 0 Å². The van der Waals surface area contributed by atoms with Crippen molar-refractivity contribution in [2.24, 2.45) is 0 Å². The van der Waals surface area contributed by atoms with Gasteiger partial charge < -0.3 is 16.8 Å². The molecule has 0 aliphatic carbocycles. The van der Waals surface area contributed by atoms with E-state index in [1.54, 1.807) is 6.07 Å². The molecule has 0 fully saturated rings. The smallest absolute Gasteiger partial charge is 0.249 e. The second kappa shape index (κ2) is 4.42. The molecule has 7 heteroatoms. The van der Waals surface area contributed by atoms with Gasteiger partial charge in [0.15, 0.2) is 11.6 Å². The number of halogens is 1. The van der Waals surface area contributed by atoms with Gasteiger partial charge in [-0.1, -0.05) is 17.7 Å². The summed E-state index contributed by atoms with van der Waals surface area (Å²) in [6, 6.07) is 5.49. The van der Waals surface area contributed by atoms with Gasteiger partial charge in [0.05, 0.1) is 0 Å². The van der Waals surface area contributed by atoms with Gasteiger partial charge in [0.1, 0.15) is 0 Å².